The Morgan fingerprint density at radius 1 is 0.590 bits per heavy atom. The highest BCUT2D eigenvalue weighted by Crippen LogP contribution is 2.34. The fourth-order valence-electron chi connectivity index (χ4n) is 5.02. The number of aromatic amines is 2. The van der Waals surface area contributed by atoms with Crippen molar-refractivity contribution < 1.29 is 0 Å². The first kappa shape index (κ1) is 32.1. The lowest BCUT2D eigenvalue weighted by Crippen LogP contribution is -2.21. The quantitative estimate of drug-likeness (QED) is 0.224. The van der Waals surface area contributed by atoms with Crippen LogP contribution in [0.3, 0.4) is 0 Å². The molecule has 2 N–H and O–H groups in total. The summed E-state index contributed by atoms with van der Waals surface area (Å²) in [5.74, 6) is 0. The first-order valence-electron chi connectivity index (χ1n) is 14.6. The van der Waals surface area contributed by atoms with Gasteiger partial charge in [0.15, 0.2) is 0 Å². The Morgan fingerprint density at radius 3 is 1.28 bits per heavy atom. The zero-order chi connectivity index (χ0) is 29.1. The monoisotopic (exact) mass is 528 g/mol. The van der Waals surface area contributed by atoms with Crippen LogP contribution in [0.5, 0.6) is 0 Å². The van der Waals surface area contributed by atoms with Crippen LogP contribution in [0.1, 0.15) is 118 Å². The van der Waals surface area contributed by atoms with Crippen molar-refractivity contribution in [2.45, 2.75) is 112 Å². The molecule has 0 radical (unpaired) electrons. The lowest BCUT2D eigenvalue weighted by Gasteiger charge is -2.26. The molecule has 2 aromatic heterocycles. The molecule has 0 aliphatic carbocycles. The van der Waals surface area contributed by atoms with Crippen LogP contribution in [0, 0.1) is 27.7 Å². The van der Waals surface area contributed by atoms with Crippen molar-refractivity contribution in [1.29, 1.82) is 0 Å². The van der Waals surface area contributed by atoms with E-state index in [1.807, 2.05) is 12.4 Å². The van der Waals surface area contributed by atoms with Crippen LogP contribution < -0.4 is 0 Å². The second kappa shape index (κ2) is 14.9. The van der Waals surface area contributed by atoms with Crippen LogP contribution in [0.2, 0.25) is 0 Å². The second-order valence-electron chi connectivity index (χ2n) is 11.7. The van der Waals surface area contributed by atoms with Crippen LogP contribution in [0.4, 0.5) is 0 Å². The van der Waals surface area contributed by atoms with Gasteiger partial charge in [-0.05, 0) is 61.1 Å². The van der Waals surface area contributed by atoms with E-state index in [9.17, 15) is 0 Å². The molecule has 0 unspecified atom stereocenters. The van der Waals surface area contributed by atoms with Gasteiger partial charge in [-0.3, -0.25) is 0 Å². The zero-order valence-electron chi connectivity index (χ0n) is 26.2. The van der Waals surface area contributed by atoms with Gasteiger partial charge < -0.3 is 9.97 Å². The summed E-state index contributed by atoms with van der Waals surface area (Å²) < 4.78 is 0. The number of unbranched alkanes of at least 4 members (excludes halogenated alkanes) is 4. The number of aromatic nitrogens is 4. The van der Waals surface area contributed by atoms with Crippen molar-refractivity contribution in [3.05, 3.63) is 106 Å². The predicted molar refractivity (Wildman–Crippen MR) is 168 cm³/mol. The normalized spacial score (nSPS) is 11.3. The van der Waals surface area contributed by atoms with E-state index in [1.54, 1.807) is 12.7 Å². The summed E-state index contributed by atoms with van der Waals surface area (Å²) in [5.41, 5.74) is 10.4. The number of nitrogens with one attached hydrogen (secondary N) is 2. The molecule has 2 heterocycles. The molecule has 0 saturated heterocycles. The number of nitrogens with zero attached hydrogens (tertiary/aromatic N) is 2. The van der Waals surface area contributed by atoms with Crippen molar-refractivity contribution in [3.63, 3.8) is 0 Å². The largest absolute Gasteiger partial charge is 0.348 e. The highest BCUT2D eigenvalue weighted by atomic mass is 14.9. The van der Waals surface area contributed by atoms with E-state index in [1.165, 1.54) is 65.5 Å². The van der Waals surface area contributed by atoms with Gasteiger partial charge >= 0.3 is 0 Å². The van der Waals surface area contributed by atoms with Gasteiger partial charge in [-0.2, -0.15) is 0 Å². The Kier molecular flexibility index (Phi) is 12.2. The van der Waals surface area contributed by atoms with E-state index in [4.69, 9.17) is 0 Å². The fraction of sp³-hybridized carbons (Fsp3) is 0.486. The molecule has 2 aromatic carbocycles. The summed E-state index contributed by atoms with van der Waals surface area (Å²) in [6.07, 6.45) is 14.3. The minimum Gasteiger partial charge on any atom is -0.348 e. The van der Waals surface area contributed by atoms with E-state index in [-0.39, 0.29) is 10.8 Å². The maximum atomic E-state index is 4.11. The minimum atomic E-state index is -0.0212. The van der Waals surface area contributed by atoms with Gasteiger partial charge in [-0.15, -0.1) is 0 Å². The summed E-state index contributed by atoms with van der Waals surface area (Å²) >= 11 is 0. The Morgan fingerprint density at radius 2 is 0.974 bits per heavy atom. The summed E-state index contributed by atoms with van der Waals surface area (Å²) in [5, 5.41) is 0. The molecule has 4 heteroatoms. The average Bonchev–Trinajstić information content (AvgIpc) is 3.64. The first-order valence-corrected chi connectivity index (χ1v) is 14.6. The van der Waals surface area contributed by atoms with Crippen LogP contribution in [0.15, 0.2) is 61.4 Å². The van der Waals surface area contributed by atoms with Gasteiger partial charge in [-0.25, -0.2) is 9.97 Å². The molecule has 4 nitrogen and oxygen atoms in total. The Hall–Kier alpha value is -3.14. The lowest BCUT2D eigenvalue weighted by atomic mass is 9.78. The molecule has 4 rings (SSSR count). The van der Waals surface area contributed by atoms with E-state index in [0.717, 1.165) is 11.4 Å². The number of hydrogen-bond donors (Lipinski definition) is 2. The zero-order valence-corrected chi connectivity index (χ0v) is 26.2. The van der Waals surface area contributed by atoms with Gasteiger partial charge in [0.25, 0.3) is 0 Å². The van der Waals surface area contributed by atoms with E-state index >= 15 is 0 Å². The van der Waals surface area contributed by atoms with Crippen molar-refractivity contribution in [1.82, 2.24) is 19.9 Å². The topological polar surface area (TPSA) is 57.4 Å². The molecule has 212 valence electrons. The van der Waals surface area contributed by atoms with Crippen LogP contribution in [0.25, 0.3) is 0 Å². The molecular weight excluding hydrogens is 476 g/mol. The molecule has 0 amide bonds. The Bertz CT molecular complexity index is 1130. The second-order valence-corrected chi connectivity index (χ2v) is 11.7. The van der Waals surface area contributed by atoms with E-state index in [2.05, 4.69) is 126 Å². The molecule has 0 bridgehead atoms. The van der Waals surface area contributed by atoms with E-state index in [0.29, 0.717) is 0 Å². The number of imidazole rings is 2. The van der Waals surface area contributed by atoms with Crippen LogP contribution >= 0.6 is 0 Å². The molecule has 0 saturated carbocycles. The minimum absolute atomic E-state index is 0.0212. The number of aryl methyl sites for hydroxylation is 2. The summed E-state index contributed by atoms with van der Waals surface area (Å²) in [6.45, 7) is 22.1. The van der Waals surface area contributed by atoms with Crippen molar-refractivity contribution in [3.8, 4) is 0 Å². The maximum absolute atomic E-state index is 4.11. The highest BCUT2D eigenvalue weighted by molar-refractivity contribution is 5.43. The third-order valence-electron chi connectivity index (χ3n) is 8.11. The fourth-order valence-corrected chi connectivity index (χ4v) is 5.02. The molecule has 0 atom stereocenters. The van der Waals surface area contributed by atoms with Gasteiger partial charge in [0.2, 0.25) is 0 Å². The highest BCUT2D eigenvalue weighted by Gasteiger charge is 2.27. The first-order chi connectivity index (χ1) is 18.5. The molecule has 0 aliphatic rings. The number of H-pyrrole nitrogens is 2. The third kappa shape index (κ3) is 8.42. The Labute approximate surface area is 238 Å². The number of benzene rings is 2. The molecule has 0 aliphatic heterocycles. The molecule has 39 heavy (non-hydrogen) atoms. The molecule has 0 spiro atoms. The molecular formula is C35H52N4. The standard InChI is InChI=1S/2C14H18N2.C7H16/c2*1-10-6-5-7-12(11(10)2)14(3,4)13-8-15-9-16-13;1-3-5-7-6-4-2/h2*5-9H,1-4H3,(H,15,16);3-7H2,1-2H3. The Balaban J connectivity index is 0.000000222. The summed E-state index contributed by atoms with van der Waals surface area (Å²) in [4.78, 5) is 14.6. The molecule has 4 aromatic rings. The van der Waals surface area contributed by atoms with Gasteiger partial charge in [0.1, 0.15) is 0 Å². The van der Waals surface area contributed by atoms with E-state index < -0.39 is 0 Å². The average molecular weight is 529 g/mol. The molecule has 0 fully saturated rings. The van der Waals surface area contributed by atoms with Crippen LogP contribution in [-0.4, -0.2) is 19.9 Å². The maximum Gasteiger partial charge on any atom is 0.0922 e. The smallest absolute Gasteiger partial charge is 0.0922 e. The SMILES string of the molecule is CCCCCCC.Cc1cccc(C(C)(C)c2cnc[nH]2)c1C.Cc1cccc(C(C)(C)c2cnc[nH]2)c1C. The summed E-state index contributed by atoms with van der Waals surface area (Å²) in [6, 6.07) is 12.9. The van der Waals surface area contributed by atoms with Crippen LogP contribution in [-0.2, 0) is 10.8 Å². The van der Waals surface area contributed by atoms with Gasteiger partial charge in [-0.1, -0.05) is 110 Å². The number of hydrogen-bond acceptors (Lipinski definition) is 2. The predicted octanol–water partition coefficient (Wildman–Crippen LogP) is 9.68. The van der Waals surface area contributed by atoms with Gasteiger partial charge in [0, 0.05) is 34.6 Å². The summed E-state index contributed by atoms with van der Waals surface area (Å²) in [7, 11) is 0. The van der Waals surface area contributed by atoms with Crippen molar-refractivity contribution in [2.75, 3.05) is 0 Å². The third-order valence-corrected chi connectivity index (χ3v) is 8.11. The van der Waals surface area contributed by atoms with Crippen molar-refractivity contribution in [2.24, 2.45) is 0 Å². The van der Waals surface area contributed by atoms with Crippen molar-refractivity contribution >= 4 is 0 Å². The van der Waals surface area contributed by atoms with Gasteiger partial charge in [0.05, 0.1) is 12.7 Å². The lowest BCUT2D eigenvalue weighted by molar-refractivity contribution is 0.615. The number of rotatable bonds is 8.